The molecule has 0 unspecified atom stereocenters. The van der Waals surface area contributed by atoms with Gasteiger partial charge in [-0.1, -0.05) is 18.2 Å². The zero-order chi connectivity index (χ0) is 14.5. The predicted octanol–water partition coefficient (Wildman–Crippen LogP) is 3.47. The third kappa shape index (κ3) is 3.37. The Bertz CT molecular complexity index is 642. The van der Waals surface area contributed by atoms with Crippen molar-refractivity contribution >= 4 is 0 Å². The lowest BCUT2D eigenvalue weighted by molar-refractivity contribution is 0.305. The molecule has 0 aromatic heterocycles. The van der Waals surface area contributed by atoms with Gasteiger partial charge in [-0.25, -0.2) is 0 Å². The van der Waals surface area contributed by atoms with E-state index in [1.807, 2.05) is 56.3 Å². The first-order chi connectivity index (χ1) is 9.60. The Morgan fingerprint density at radius 3 is 2.70 bits per heavy atom. The Hall–Kier alpha value is -2.31. The monoisotopic (exact) mass is 266 g/mol. The number of benzene rings is 2. The molecule has 0 saturated carbocycles. The molecule has 0 fully saturated rings. The van der Waals surface area contributed by atoms with Crippen LogP contribution in [0, 0.1) is 18.3 Å². The second-order valence-electron chi connectivity index (χ2n) is 4.90. The van der Waals surface area contributed by atoms with E-state index in [4.69, 9.17) is 15.7 Å². The number of nitriles is 1. The van der Waals surface area contributed by atoms with Gasteiger partial charge in [0, 0.05) is 6.04 Å². The van der Waals surface area contributed by atoms with Crippen LogP contribution in [0.3, 0.4) is 0 Å². The molecule has 0 aliphatic rings. The molecule has 2 N–H and O–H groups in total. The van der Waals surface area contributed by atoms with E-state index in [1.54, 1.807) is 0 Å². The molecule has 20 heavy (non-hydrogen) atoms. The van der Waals surface area contributed by atoms with Crippen LogP contribution >= 0.6 is 0 Å². The third-order valence-corrected chi connectivity index (χ3v) is 3.25. The van der Waals surface area contributed by atoms with Gasteiger partial charge in [-0.2, -0.15) is 5.26 Å². The van der Waals surface area contributed by atoms with Gasteiger partial charge in [-0.3, -0.25) is 0 Å². The minimum absolute atomic E-state index is 0.00445. The number of rotatable bonds is 4. The van der Waals surface area contributed by atoms with E-state index in [0.717, 1.165) is 22.4 Å². The molecule has 1 atom stereocenters. The number of aryl methyl sites for hydroxylation is 1. The molecular weight excluding hydrogens is 248 g/mol. The normalized spacial score (nSPS) is 11.7. The summed E-state index contributed by atoms with van der Waals surface area (Å²) in [5.41, 5.74) is 9.73. The number of ether oxygens (including phenoxy) is 1. The van der Waals surface area contributed by atoms with Crippen LogP contribution in [0.5, 0.6) is 5.75 Å². The van der Waals surface area contributed by atoms with Crippen LogP contribution in [-0.4, -0.2) is 0 Å². The minimum atomic E-state index is -0.00445. The lowest BCUT2D eigenvalue weighted by Crippen LogP contribution is -2.05. The molecule has 0 aliphatic heterocycles. The summed E-state index contributed by atoms with van der Waals surface area (Å²) in [5.74, 6) is 0.809. The van der Waals surface area contributed by atoms with E-state index in [2.05, 4.69) is 6.07 Å². The van der Waals surface area contributed by atoms with Crippen molar-refractivity contribution in [3.63, 3.8) is 0 Å². The molecule has 2 rings (SSSR count). The largest absolute Gasteiger partial charge is 0.489 e. The van der Waals surface area contributed by atoms with Crippen LogP contribution in [0.25, 0.3) is 0 Å². The highest BCUT2D eigenvalue weighted by molar-refractivity contribution is 5.37. The van der Waals surface area contributed by atoms with Crippen LogP contribution in [0.4, 0.5) is 0 Å². The molecule has 0 heterocycles. The smallest absolute Gasteiger partial charge is 0.120 e. The maximum Gasteiger partial charge on any atom is 0.120 e. The Labute approximate surface area is 119 Å². The zero-order valence-corrected chi connectivity index (χ0v) is 11.8. The summed E-state index contributed by atoms with van der Waals surface area (Å²) >= 11 is 0. The number of nitrogens with zero attached hydrogens (tertiary/aromatic N) is 1. The molecule has 3 nitrogen and oxygen atoms in total. The zero-order valence-electron chi connectivity index (χ0n) is 11.8. The van der Waals surface area contributed by atoms with Gasteiger partial charge < -0.3 is 10.5 Å². The molecule has 0 amide bonds. The van der Waals surface area contributed by atoms with Crippen LogP contribution in [0.15, 0.2) is 42.5 Å². The SMILES string of the molecule is Cc1cc(C#N)ccc1COc1cccc([C@@H](C)N)c1. The molecule has 0 saturated heterocycles. The fourth-order valence-electron chi connectivity index (χ4n) is 1.98. The van der Waals surface area contributed by atoms with E-state index in [-0.39, 0.29) is 6.04 Å². The Kier molecular flexibility index (Phi) is 4.39. The van der Waals surface area contributed by atoms with Crippen molar-refractivity contribution < 1.29 is 4.74 Å². The second-order valence-corrected chi connectivity index (χ2v) is 4.90. The lowest BCUT2D eigenvalue weighted by Gasteiger charge is -2.11. The van der Waals surface area contributed by atoms with Crippen LogP contribution in [0.1, 0.15) is 35.2 Å². The average molecular weight is 266 g/mol. The molecule has 102 valence electrons. The van der Waals surface area contributed by atoms with Gasteiger partial charge in [0.25, 0.3) is 0 Å². The van der Waals surface area contributed by atoms with Gasteiger partial charge in [0.2, 0.25) is 0 Å². The summed E-state index contributed by atoms with van der Waals surface area (Å²) < 4.78 is 5.80. The van der Waals surface area contributed by atoms with E-state index in [1.165, 1.54) is 0 Å². The van der Waals surface area contributed by atoms with Crippen molar-refractivity contribution in [3.05, 3.63) is 64.7 Å². The molecule has 0 bridgehead atoms. The van der Waals surface area contributed by atoms with Crippen LogP contribution in [-0.2, 0) is 6.61 Å². The van der Waals surface area contributed by atoms with E-state index < -0.39 is 0 Å². The van der Waals surface area contributed by atoms with Crippen molar-refractivity contribution in [1.29, 1.82) is 5.26 Å². The number of nitrogens with two attached hydrogens (primary N) is 1. The fraction of sp³-hybridized carbons (Fsp3) is 0.235. The van der Waals surface area contributed by atoms with Crippen molar-refractivity contribution in [2.75, 3.05) is 0 Å². The lowest BCUT2D eigenvalue weighted by atomic mass is 10.1. The standard InChI is InChI=1S/C17H18N2O/c1-12-8-14(10-18)6-7-16(12)11-20-17-5-3-4-15(9-17)13(2)19/h3-9,13H,11,19H2,1-2H3/t13-/m1/s1. The van der Waals surface area contributed by atoms with Gasteiger partial charge in [0.1, 0.15) is 12.4 Å². The molecule has 2 aromatic rings. The quantitative estimate of drug-likeness (QED) is 0.921. The van der Waals surface area contributed by atoms with Crippen molar-refractivity contribution in [3.8, 4) is 11.8 Å². The molecule has 3 heteroatoms. The summed E-state index contributed by atoms with van der Waals surface area (Å²) in [7, 11) is 0. The van der Waals surface area contributed by atoms with E-state index >= 15 is 0 Å². The van der Waals surface area contributed by atoms with E-state index in [9.17, 15) is 0 Å². The van der Waals surface area contributed by atoms with Gasteiger partial charge in [-0.05, 0) is 54.8 Å². The summed E-state index contributed by atoms with van der Waals surface area (Å²) in [5, 5.41) is 8.85. The summed E-state index contributed by atoms with van der Waals surface area (Å²) in [4.78, 5) is 0. The highest BCUT2D eigenvalue weighted by Gasteiger charge is 2.04. The minimum Gasteiger partial charge on any atom is -0.489 e. The van der Waals surface area contributed by atoms with Crippen LogP contribution < -0.4 is 10.5 Å². The summed E-state index contributed by atoms with van der Waals surface area (Å²) in [6.07, 6.45) is 0. The van der Waals surface area contributed by atoms with Crippen LogP contribution in [0.2, 0.25) is 0 Å². The summed E-state index contributed by atoms with van der Waals surface area (Å²) in [6.45, 7) is 4.42. The van der Waals surface area contributed by atoms with Gasteiger partial charge in [0.05, 0.1) is 11.6 Å². The van der Waals surface area contributed by atoms with Gasteiger partial charge in [0.15, 0.2) is 0 Å². The highest BCUT2D eigenvalue weighted by atomic mass is 16.5. The first-order valence-corrected chi connectivity index (χ1v) is 6.58. The number of hydrogen-bond acceptors (Lipinski definition) is 3. The molecular formula is C17H18N2O. The molecule has 0 radical (unpaired) electrons. The average Bonchev–Trinajstić information content (AvgIpc) is 2.46. The third-order valence-electron chi connectivity index (χ3n) is 3.25. The number of hydrogen-bond donors (Lipinski definition) is 1. The predicted molar refractivity (Wildman–Crippen MR) is 79.3 cm³/mol. The van der Waals surface area contributed by atoms with Gasteiger partial charge in [-0.15, -0.1) is 0 Å². The van der Waals surface area contributed by atoms with Crippen molar-refractivity contribution in [2.45, 2.75) is 26.5 Å². The van der Waals surface area contributed by atoms with Gasteiger partial charge >= 0.3 is 0 Å². The molecule has 0 aliphatic carbocycles. The Morgan fingerprint density at radius 2 is 2.05 bits per heavy atom. The molecule has 0 spiro atoms. The van der Waals surface area contributed by atoms with E-state index in [0.29, 0.717) is 12.2 Å². The topological polar surface area (TPSA) is 59.0 Å². The molecule has 2 aromatic carbocycles. The Morgan fingerprint density at radius 1 is 1.25 bits per heavy atom. The highest BCUT2D eigenvalue weighted by Crippen LogP contribution is 2.19. The maximum absolute atomic E-state index is 8.85. The fourth-order valence-corrected chi connectivity index (χ4v) is 1.98. The Balaban J connectivity index is 2.09. The van der Waals surface area contributed by atoms with Crippen molar-refractivity contribution in [1.82, 2.24) is 0 Å². The first kappa shape index (κ1) is 14.1. The summed E-state index contributed by atoms with van der Waals surface area (Å²) in [6, 6.07) is 15.6. The first-order valence-electron chi connectivity index (χ1n) is 6.58. The van der Waals surface area contributed by atoms with Crippen molar-refractivity contribution in [2.24, 2.45) is 5.73 Å². The second kappa shape index (κ2) is 6.23. The maximum atomic E-state index is 8.85.